The molecular formula is C62H72F2N4O10. The van der Waals surface area contributed by atoms with Gasteiger partial charge in [0, 0.05) is 86.5 Å². The maximum atomic E-state index is 14.0. The molecule has 2 fully saturated rings. The third-order valence-electron chi connectivity index (χ3n) is 13.9. The van der Waals surface area contributed by atoms with E-state index >= 15 is 0 Å². The molecule has 0 spiro atoms. The summed E-state index contributed by atoms with van der Waals surface area (Å²) in [6, 6.07) is 45.1. The van der Waals surface area contributed by atoms with Gasteiger partial charge in [-0.25, -0.2) is 18.4 Å². The first kappa shape index (κ1) is 57.3. The van der Waals surface area contributed by atoms with Gasteiger partial charge in [0.15, 0.2) is 13.2 Å². The van der Waals surface area contributed by atoms with Crippen LogP contribution in [-0.4, -0.2) is 104 Å². The number of hydrogen-bond acceptors (Lipinski definition) is 14. The van der Waals surface area contributed by atoms with Gasteiger partial charge in [-0.15, -0.1) is 0 Å². The highest BCUT2D eigenvalue weighted by atomic mass is 19.1. The van der Waals surface area contributed by atoms with Crippen molar-refractivity contribution in [3.8, 4) is 23.0 Å². The van der Waals surface area contributed by atoms with Crippen LogP contribution in [0.1, 0.15) is 64.5 Å². The fourth-order valence-electron chi connectivity index (χ4n) is 9.81. The fraction of sp³-hybridized carbons (Fsp3) is 0.387. The predicted octanol–water partition coefficient (Wildman–Crippen LogP) is 8.81. The second-order valence-corrected chi connectivity index (χ2v) is 19.5. The third kappa shape index (κ3) is 18.1. The van der Waals surface area contributed by atoms with E-state index in [4.69, 9.17) is 37.9 Å². The number of halogens is 2. The zero-order valence-electron chi connectivity index (χ0n) is 44.3. The lowest BCUT2D eigenvalue weighted by atomic mass is 9.78. The molecule has 6 aromatic rings. The number of nitrogens with one attached hydrogen (secondary N) is 4. The summed E-state index contributed by atoms with van der Waals surface area (Å²) in [6.45, 7) is 6.24. The molecule has 0 saturated carbocycles. The van der Waals surface area contributed by atoms with E-state index in [9.17, 15) is 18.4 Å². The molecule has 0 aliphatic carbocycles. The first-order chi connectivity index (χ1) is 38.3. The van der Waals surface area contributed by atoms with Gasteiger partial charge >= 0.3 is 11.9 Å². The molecule has 2 heterocycles. The minimum atomic E-state index is -0.462. The molecule has 78 heavy (non-hydrogen) atoms. The lowest BCUT2D eigenvalue weighted by Gasteiger charge is -2.39. The highest BCUT2D eigenvalue weighted by Gasteiger charge is 2.35. The standard InChI is InChI=1S/C62H72F2N4O10/c1-71-60(69)42-76-53-14-7-11-45(33-53)35-68-59-38-66-36-50(62(59)47-20-24-52(25-21-47)75-31-9-29-73-40-49-13-3-5-17-57(49)64)41-78-61(70)43-77-54-15-6-10-44(32-54)34-67-58-37-65-27-26-55(58)46-18-22-51(23-19-46)74-30-8-28-72-39-48-12-2-4-16-56(48)63/h2-7,10-25,32-33,50,55,58-59,62,65-68H,8-9,26-31,34-43H2,1H3/t50?,55?,58?,59-,62+/m0/s1. The number of methoxy groups -OCH3 is 1. The van der Waals surface area contributed by atoms with Crippen molar-refractivity contribution >= 4 is 11.9 Å². The largest absolute Gasteiger partial charge is 0.494 e. The first-order valence-corrected chi connectivity index (χ1v) is 26.9. The highest BCUT2D eigenvalue weighted by molar-refractivity contribution is 5.71. The molecule has 2 aliphatic heterocycles. The average Bonchev–Trinajstić information content (AvgIpc) is 3.51. The summed E-state index contributed by atoms with van der Waals surface area (Å²) in [5.74, 6) is 1.38. The lowest BCUT2D eigenvalue weighted by molar-refractivity contribution is -0.148. The molecule has 14 nitrogen and oxygen atoms in total. The Morgan fingerprint density at radius 2 is 1.09 bits per heavy atom. The molecule has 6 aromatic carbocycles. The van der Waals surface area contributed by atoms with Crippen molar-refractivity contribution in [1.82, 2.24) is 21.3 Å². The monoisotopic (exact) mass is 1070 g/mol. The fourth-order valence-corrected chi connectivity index (χ4v) is 9.81. The minimum Gasteiger partial charge on any atom is -0.494 e. The molecule has 0 bridgehead atoms. The van der Waals surface area contributed by atoms with Gasteiger partial charge in [0.2, 0.25) is 0 Å². The van der Waals surface area contributed by atoms with Gasteiger partial charge in [-0.2, -0.15) is 0 Å². The van der Waals surface area contributed by atoms with E-state index in [1.807, 2.05) is 66.7 Å². The van der Waals surface area contributed by atoms with E-state index in [2.05, 4.69) is 45.5 Å². The number of piperidine rings is 2. The topological polar surface area (TPSA) is 156 Å². The van der Waals surface area contributed by atoms with Crippen molar-refractivity contribution in [2.75, 3.05) is 79.5 Å². The quantitative estimate of drug-likeness (QED) is 0.0251. The number of carbonyl (C=O) groups excluding carboxylic acids is 2. The van der Waals surface area contributed by atoms with Crippen LogP contribution in [0.15, 0.2) is 146 Å². The first-order valence-electron chi connectivity index (χ1n) is 26.9. The molecule has 2 saturated heterocycles. The summed E-state index contributed by atoms with van der Waals surface area (Å²) in [5, 5.41) is 14.6. The molecule has 8 rings (SSSR count). The van der Waals surface area contributed by atoms with E-state index < -0.39 is 11.9 Å². The summed E-state index contributed by atoms with van der Waals surface area (Å²) in [4.78, 5) is 25.1. The number of carbonyl (C=O) groups is 2. The minimum absolute atomic E-state index is 0.0432. The number of hydrogen-bond donors (Lipinski definition) is 4. The molecule has 4 N–H and O–H groups in total. The molecule has 414 valence electrons. The zero-order valence-corrected chi connectivity index (χ0v) is 44.3. The Labute approximate surface area is 456 Å². The molecular weight excluding hydrogens is 999 g/mol. The summed E-state index contributed by atoms with van der Waals surface area (Å²) in [6.07, 6.45) is 2.32. The number of ether oxygens (including phenoxy) is 8. The van der Waals surface area contributed by atoms with Crippen molar-refractivity contribution in [2.24, 2.45) is 5.92 Å². The van der Waals surface area contributed by atoms with Crippen LogP contribution in [0.5, 0.6) is 23.0 Å². The summed E-state index contributed by atoms with van der Waals surface area (Å²) >= 11 is 0. The second kappa shape index (κ2) is 30.9. The third-order valence-corrected chi connectivity index (χ3v) is 13.9. The normalized spacial score (nSPS) is 18.2. The van der Waals surface area contributed by atoms with Crippen molar-refractivity contribution in [1.29, 1.82) is 0 Å². The van der Waals surface area contributed by atoms with E-state index in [1.165, 1.54) is 24.8 Å². The SMILES string of the molecule is COC(=O)COc1cccc(CN[C@H]2CNCC(COC(=O)COc3cccc(CNC4CNCCC4c4ccc(OCCCOCc5ccccc5F)cc4)c3)[C@H]2c2ccc(OCCCOCc3ccccc3F)cc2)c1. The molecule has 0 aromatic heterocycles. The van der Waals surface area contributed by atoms with Crippen LogP contribution in [0.25, 0.3) is 0 Å². The molecule has 0 radical (unpaired) electrons. The van der Waals surface area contributed by atoms with E-state index in [0.29, 0.717) is 99.7 Å². The van der Waals surface area contributed by atoms with Gasteiger partial charge in [-0.05, 0) is 95.9 Å². The Kier molecular flexibility index (Phi) is 22.7. The Morgan fingerprint density at radius 3 is 1.67 bits per heavy atom. The molecule has 0 amide bonds. The molecule has 3 unspecified atom stereocenters. The van der Waals surface area contributed by atoms with Crippen molar-refractivity contribution in [3.63, 3.8) is 0 Å². The van der Waals surface area contributed by atoms with E-state index in [0.717, 1.165) is 42.0 Å². The highest BCUT2D eigenvalue weighted by Crippen LogP contribution is 2.33. The van der Waals surface area contributed by atoms with Gasteiger partial charge in [0.05, 0.1) is 53.4 Å². The maximum Gasteiger partial charge on any atom is 0.344 e. The van der Waals surface area contributed by atoms with Gasteiger partial charge in [0.25, 0.3) is 0 Å². The van der Waals surface area contributed by atoms with Crippen LogP contribution >= 0.6 is 0 Å². The molecule has 2 aliphatic rings. The number of esters is 2. The van der Waals surface area contributed by atoms with Gasteiger partial charge < -0.3 is 59.2 Å². The van der Waals surface area contributed by atoms with Crippen molar-refractivity contribution in [2.45, 2.75) is 69.5 Å². The smallest absolute Gasteiger partial charge is 0.344 e. The zero-order chi connectivity index (χ0) is 54.2. The van der Waals surface area contributed by atoms with E-state index in [1.54, 1.807) is 42.5 Å². The van der Waals surface area contributed by atoms with Crippen LogP contribution in [0.2, 0.25) is 0 Å². The maximum absolute atomic E-state index is 14.0. The Morgan fingerprint density at radius 1 is 0.551 bits per heavy atom. The van der Waals surface area contributed by atoms with Gasteiger partial charge in [-0.1, -0.05) is 84.9 Å². The van der Waals surface area contributed by atoms with Gasteiger partial charge in [-0.3, -0.25) is 0 Å². The van der Waals surface area contributed by atoms with Crippen molar-refractivity contribution in [3.05, 3.63) is 191 Å². The number of benzene rings is 6. The lowest BCUT2D eigenvalue weighted by Crippen LogP contribution is -2.53. The Hall–Kier alpha value is -6.92. The Balaban J connectivity index is 0.805. The van der Waals surface area contributed by atoms with E-state index in [-0.39, 0.29) is 68.6 Å². The van der Waals surface area contributed by atoms with Crippen LogP contribution in [0.4, 0.5) is 8.78 Å². The average molecular weight is 1070 g/mol. The second-order valence-electron chi connectivity index (χ2n) is 19.5. The summed E-state index contributed by atoms with van der Waals surface area (Å²) in [7, 11) is 1.32. The van der Waals surface area contributed by atoms with Crippen molar-refractivity contribution < 1.29 is 56.3 Å². The van der Waals surface area contributed by atoms with Crippen LogP contribution < -0.4 is 40.2 Å². The number of rotatable bonds is 30. The van der Waals surface area contributed by atoms with Crippen LogP contribution in [0, 0.1) is 17.6 Å². The predicted molar refractivity (Wildman–Crippen MR) is 293 cm³/mol. The summed E-state index contributed by atoms with van der Waals surface area (Å²) < 4.78 is 73.6. The summed E-state index contributed by atoms with van der Waals surface area (Å²) in [5.41, 5.74) is 5.39. The molecule has 16 heteroatoms. The van der Waals surface area contributed by atoms with Crippen LogP contribution in [0.3, 0.4) is 0 Å². The van der Waals surface area contributed by atoms with Gasteiger partial charge in [0.1, 0.15) is 34.6 Å². The van der Waals surface area contributed by atoms with Crippen LogP contribution in [-0.2, 0) is 54.8 Å². The Bertz CT molecular complexity index is 2770. The molecule has 5 atom stereocenters.